The smallest absolute Gasteiger partial charge is 0.235 e. The molecular formula is C14H15BrFNO2. The molecule has 1 aliphatic rings. The van der Waals surface area contributed by atoms with E-state index in [1.807, 2.05) is 6.92 Å². The molecule has 0 aromatic heterocycles. The Morgan fingerprint density at radius 1 is 1.47 bits per heavy atom. The summed E-state index contributed by atoms with van der Waals surface area (Å²) in [6.07, 6.45) is 4.81. The Morgan fingerprint density at radius 2 is 2.11 bits per heavy atom. The summed E-state index contributed by atoms with van der Waals surface area (Å²) in [5.74, 6) is -0.275. The van der Waals surface area contributed by atoms with Gasteiger partial charge >= 0.3 is 0 Å². The van der Waals surface area contributed by atoms with Crippen LogP contribution in [0.25, 0.3) is 0 Å². The number of methoxy groups -OCH3 is 1. The highest BCUT2D eigenvalue weighted by Crippen LogP contribution is 2.46. The molecule has 1 fully saturated rings. The lowest BCUT2D eigenvalue weighted by Crippen LogP contribution is -2.21. The fourth-order valence-corrected chi connectivity index (χ4v) is 3.20. The van der Waals surface area contributed by atoms with Gasteiger partial charge in [0, 0.05) is 5.56 Å². The minimum atomic E-state index is -0.773. The molecule has 3 nitrogen and oxygen atoms in total. The van der Waals surface area contributed by atoms with E-state index in [0.29, 0.717) is 22.9 Å². The largest absolute Gasteiger partial charge is 0.492 e. The number of aryl methyl sites for hydroxylation is 1. The third-order valence-corrected chi connectivity index (χ3v) is 4.72. The SMILES string of the molecule is COc1c(F)c(C2(N=C=O)CCCC2)cc(C)c1Br. The summed E-state index contributed by atoms with van der Waals surface area (Å²) < 4.78 is 20.3. The summed E-state index contributed by atoms with van der Waals surface area (Å²) in [5.41, 5.74) is 0.524. The molecule has 0 bridgehead atoms. The van der Waals surface area contributed by atoms with E-state index in [0.717, 1.165) is 18.4 Å². The summed E-state index contributed by atoms with van der Waals surface area (Å²) in [6.45, 7) is 1.86. The van der Waals surface area contributed by atoms with Crippen molar-refractivity contribution in [2.75, 3.05) is 7.11 Å². The number of benzene rings is 1. The monoisotopic (exact) mass is 327 g/mol. The number of aliphatic imine (C=N–C) groups is 1. The molecule has 0 radical (unpaired) electrons. The molecule has 0 aliphatic heterocycles. The van der Waals surface area contributed by atoms with Gasteiger partial charge < -0.3 is 4.74 Å². The zero-order valence-corrected chi connectivity index (χ0v) is 12.5. The second kappa shape index (κ2) is 5.43. The fraction of sp³-hybridized carbons (Fsp3) is 0.500. The van der Waals surface area contributed by atoms with E-state index in [1.165, 1.54) is 7.11 Å². The number of carbonyl (C=O) groups excluding carboxylic acids is 1. The molecule has 0 spiro atoms. The average Bonchev–Trinajstić information content (AvgIpc) is 2.84. The molecule has 1 aliphatic carbocycles. The lowest BCUT2D eigenvalue weighted by atomic mass is 9.87. The van der Waals surface area contributed by atoms with Crippen LogP contribution in [0.2, 0.25) is 0 Å². The molecular weight excluding hydrogens is 313 g/mol. The van der Waals surface area contributed by atoms with Gasteiger partial charge in [0.2, 0.25) is 6.08 Å². The third kappa shape index (κ3) is 2.33. The number of halogens is 2. The zero-order chi connectivity index (χ0) is 14.0. The van der Waals surface area contributed by atoms with Crippen molar-refractivity contribution in [3.05, 3.63) is 27.5 Å². The first-order chi connectivity index (χ1) is 9.05. The predicted octanol–water partition coefficient (Wildman–Crippen LogP) is 4.01. The van der Waals surface area contributed by atoms with Crippen molar-refractivity contribution in [2.24, 2.45) is 4.99 Å². The summed E-state index contributed by atoms with van der Waals surface area (Å²) in [7, 11) is 1.43. The second-order valence-corrected chi connectivity index (χ2v) is 5.64. The highest BCUT2D eigenvalue weighted by molar-refractivity contribution is 9.10. The zero-order valence-electron chi connectivity index (χ0n) is 10.9. The quantitative estimate of drug-likeness (QED) is 0.621. The van der Waals surface area contributed by atoms with Crippen LogP contribution in [-0.2, 0) is 10.3 Å². The molecule has 1 saturated carbocycles. The van der Waals surface area contributed by atoms with E-state index in [1.54, 1.807) is 12.1 Å². The number of ether oxygens (including phenoxy) is 1. The van der Waals surface area contributed by atoms with E-state index in [9.17, 15) is 9.18 Å². The van der Waals surface area contributed by atoms with Crippen LogP contribution in [0.4, 0.5) is 4.39 Å². The number of hydrogen-bond donors (Lipinski definition) is 0. The van der Waals surface area contributed by atoms with Gasteiger partial charge in [-0.3, -0.25) is 0 Å². The first-order valence-electron chi connectivity index (χ1n) is 6.18. The third-order valence-electron chi connectivity index (χ3n) is 3.74. The average molecular weight is 328 g/mol. The molecule has 0 unspecified atom stereocenters. The Labute approximate surface area is 120 Å². The molecule has 0 saturated heterocycles. The van der Waals surface area contributed by atoms with Crippen LogP contribution in [0.3, 0.4) is 0 Å². The van der Waals surface area contributed by atoms with Crippen LogP contribution >= 0.6 is 15.9 Å². The van der Waals surface area contributed by atoms with Crippen molar-refractivity contribution in [2.45, 2.75) is 38.1 Å². The Balaban J connectivity index is 2.67. The van der Waals surface area contributed by atoms with Crippen LogP contribution in [0.1, 0.15) is 36.8 Å². The maximum absolute atomic E-state index is 14.6. The lowest BCUT2D eigenvalue weighted by molar-refractivity contribution is 0.365. The van der Waals surface area contributed by atoms with Crippen molar-refractivity contribution < 1.29 is 13.9 Å². The fourth-order valence-electron chi connectivity index (χ4n) is 2.75. The number of isocyanates is 1. The van der Waals surface area contributed by atoms with Crippen LogP contribution in [0.15, 0.2) is 15.5 Å². The van der Waals surface area contributed by atoms with Crippen molar-refractivity contribution in [1.29, 1.82) is 0 Å². The van der Waals surface area contributed by atoms with Gasteiger partial charge in [-0.1, -0.05) is 12.8 Å². The van der Waals surface area contributed by atoms with Gasteiger partial charge in [-0.05, 0) is 47.3 Å². The molecule has 102 valence electrons. The summed E-state index contributed by atoms with van der Waals surface area (Å²) in [5, 5.41) is 0. The Hall–Kier alpha value is -1.19. The van der Waals surface area contributed by atoms with Crippen LogP contribution in [-0.4, -0.2) is 13.2 Å². The van der Waals surface area contributed by atoms with Crippen LogP contribution < -0.4 is 4.74 Å². The van der Waals surface area contributed by atoms with E-state index in [2.05, 4.69) is 20.9 Å². The van der Waals surface area contributed by atoms with Gasteiger partial charge in [0.15, 0.2) is 11.6 Å². The topological polar surface area (TPSA) is 38.7 Å². The van der Waals surface area contributed by atoms with Crippen LogP contribution in [0.5, 0.6) is 5.75 Å². The molecule has 19 heavy (non-hydrogen) atoms. The van der Waals surface area contributed by atoms with E-state index in [-0.39, 0.29) is 5.75 Å². The Kier molecular flexibility index (Phi) is 4.07. The van der Waals surface area contributed by atoms with E-state index < -0.39 is 11.4 Å². The molecule has 1 aromatic carbocycles. The second-order valence-electron chi connectivity index (χ2n) is 4.84. The van der Waals surface area contributed by atoms with Gasteiger partial charge in [-0.2, -0.15) is 4.99 Å². The number of nitrogens with zero attached hydrogens (tertiary/aromatic N) is 1. The Bertz CT molecular complexity index is 547. The molecule has 0 atom stereocenters. The highest BCUT2D eigenvalue weighted by atomic mass is 79.9. The van der Waals surface area contributed by atoms with Crippen molar-refractivity contribution in [3.63, 3.8) is 0 Å². The first kappa shape index (κ1) is 14.2. The van der Waals surface area contributed by atoms with Gasteiger partial charge in [0.25, 0.3) is 0 Å². The molecule has 0 N–H and O–H groups in total. The standard InChI is InChI=1S/C14H15BrFNO2/c1-9-7-10(12(16)13(19-2)11(9)15)14(17-8-18)5-3-4-6-14/h7H,3-6H2,1-2H3. The maximum Gasteiger partial charge on any atom is 0.235 e. The normalized spacial score (nSPS) is 17.1. The number of rotatable bonds is 3. The van der Waals surface area contributed by atoms with Crippen molar-refractivity contribution in [3.8, 4) is 5.75 Å². The van der Waals surface area contributed by atoms with Crippen LogP contribution in [0, 0.1) is 12.7 Å². The summed E-state index contributed by atoms with van der Waals surface area (Å²) in [6, 6.07) is 1.74. The van der Waals surface area contributed by atoms with Gasteiger partial charge in [0.1, 0.15) is 5.54 Å². The van der Waals surface area contributed by atoms with Crippen molar-refractivity contribution >= 4 is 22.0 Å². The molecule has 1 aromatic rings. The Morgan fingerprint density at radius 3 is 2.63 bits per heavy atom. The lowest BCUT2D eigenvalue weighted by Gasteiger charge is -2.25. The predicted molar refractivity (Wildman–Crippen MR) is 73.7 cm³/mol. The molecule has 2 rings (SSSR count). The number of hydrogen-bond acceptors (Lipinski definition) is 3. The van der Waals surface area contributed by atoms with E-state index in [4.69, 9.17) is 4.74 Å². The molecule has 5 heteroatoms. The van der Waals surface area contributed by atoms with Gasteiger partial charge in [-0.25, -0.2) is 9.18 Å². The maximum atomic E-state index is 14.6. The van der Waals surface area contributed by atoms with Gasteiger partial charge in [-0.15, -0.1) is 0 Å². The van der Waals surface area contributed by atoms with Crippen molar-refractivity contribution in [1.82, 2.24) is 0 Å². The van der Waals surface area contributed by atoms with E-state index >= 15 is 0 Å². The summed E-state index contributed by atoms with van der Waals surface area (Å²) >= 11 is 3.32. The molecule has 0 amide bonds. The molecule has 0 heterocycles. The first-order valence-corrected chi connectivity index (χ1v) is 6.97. The minimum absolute atomic E-state index is 0.169. The summed E-state index contributed by atoms with van der Waals surface area (Å²) in [4.78, 5) is 14.6. The minimum Gasteiger partial charge on any atom is -0.492 e. The van der Waals surface area contributed by atoms with Gasteiger partial charge in [0.05, 0.1) is 11.6 Å². The highest BCUT2D eigenvalue weighted by Gasteiger charge is 2.39.